The number of halogens is 3. The van der Waals surface area contributed by atoms with Gasteiger partial charge in [-0.2, -0.15) is 18.2 Å². The summed E-state index contributed by atoms with van der Waals surface area (Å²) >= 11 is 1.31. The predicted molar refractivity (Wildman–Crippen MR) is 148 cm³/mol. The highest BCUT2D eigenvalue weighted by molar-refractivity contribution is 8.00. The van der Waals surface area contributed by atoms with Crippen LogP contribution in [0, 0.1) is 0 Å². The number of carbonyl (C=O) groups excluding carboxylic acids is 3. The minimum absolute atomic E-state index is 0.0831. The van der Waals surface area contributed by atoms with Gasteiger partial charge in [0.05, 0.1) is 17.8 Å². The molecule has 1 fully saturated rings. The maximum absolute atomic E-state index is 14.0. The molecule has 0 saturated heterocycles. The molecule has 2 amide bonds. The van der Waals surface area contributed by atoms with Crippen LogP contribution in [-0.4, -0.2) is 64.3 Å². The lowest BCUT2D eigenvalue weighted by Gasteiger charge is -2.48. The maximum atomic E-state index is 14.0. The zero-order valence-electron chi connectivity index (χ0n) is 22.3. The van der Waals surface area contributed by atoms with Gasteiger partial charge in [0.15, 0.2) is 5.50 Å². The van der Waals surface area contributed by atoms with Gasteiger partial charge < -0.3 is 15.1 Å². The Hall–Kier alpha value is -3.51. The number of carbonyl (C=O) groups is 3. The Balaban J connectivity index is 1.38. The summed E-state index contributed by atoms with van der Waals surface area (Å²) in [5.41, 5.74) is 0.894. The minimum Gasteiger partial charge on any atom is -0.338 e. The van der Waals surface area contributed by atoms with Crippen LogP contribution in [0.2, 0.25) is 0 Å². The summed E-state index contributed by atoms with van der Waals surface area (Å²) < 4.78 is 40.1. The predicted octanol–water partition coefficient (Wildman–Crippen LogP) is 4.59. The SMILES string of the molecule is O=C(CCNCc1ccccc1)N1CCC2=C(C1)C(=O)N(c1ccccc1)C(SC1CCC1)N2OC(=O)C(F)(F)F. The van der Waals surface area contributed by atoms with E-state index in [4.69, 9.17) is 4.84 Å². The number of thioether (sulfide) groups is 1. The van der Waals surface area contributed by atoms with E-state index in [-0.39, 0.29) is 48.4 Å². The van der Waals surface area contributed by atoms with Crippen LogP contribution in [0.1, 0.15) is 37.7 Å². The number of nitrogens with zero attached hydrogens (tertiary/aromatic N) is 3. The Labute approximate surface area is 240 Å². The van der Waals surface area contributed by atoms with E-state index in [2.05, 4.69) is 5.32 Å². The van der Waals surface area contributed by atoms with Gasteiger partial charge in [0.1, 0.15) is 0 Å². The highest BCUT2D eigenvalue weighted by Crippen LogP contribution is 2.44. The maximum Gasteiger partial charge on any atom is 0.493 e. The molecule has 1 atom stereocenters. The average Bonchev–Trinajstić information content (AvgIpc) is 2.95. The Morgan fingerprint density at radius 2 is 1.71 bits per heavy atom. The Morgan fingerprint density at radius 3 is 2.34 bits per heavy atom. The lowest BCUT2D eigenvalue weighted by molar-refractivity contribution is -0.235. The molecule has 2 heterocycles. The van der Waals surface area contributed by atoms with Crippen molar-refractivity contribution in [1.29, 1.82) is 0 Å². The van der Waals surface area contributed by atoms with E-state index in [1.165, 1.54) is 21.6 Å². The normalized spacial score (nSPS) is 19.6. The molecule has 5 rings (SSSR count). The molecule has 0 spiro atoms. The molecule has 0 radical (unpaired) electrons. The molecular weight excluding hydrogens is 557 g/mol. The fraction of sp³-hybridized carbons (Fsp3) is 0.414. The number of rotatable bonds is 9. The first-order chi connectivity index (χ1) is 19.7. The lowest BCUT2D eigenvalue weighted by Crippen LogP contribution is -2.59. The number of anilines is 1. The molecule has 0 bridgehead atoms. The van der Waals surface area contributed by atoms with Gasteiger partial charge in [-0.05, 0) is 30.5 Å². The zero-order chi connectivity index (χ0) is 29.0. The molecule has 2 aromatic carbocycles. The Kier molecular flexibility index (Phi) is 8.88. The second kappa shape index (κ2) is 12.6. The second-order valence-electron chi connectivity index (χ2n) is 10.1. The van der Waals surface area contributed by atoms with Crippen LogP contribution in [0.4, 0.5) is 18.9 Å². The average molecular weight is 589 g/mol. The van der Waals surface area contributed by atoms with Crippen LogP contribution < -0.4 is 10.2 Å². The van der Waals surface area contributed by atoms with E-state index in [1.54, 1.807) is 30.3 Å². The molecule has 0 aromatic heterocycles. The highest BCUT2D eigenvalue weighted by Gasteiger charge is 2.50. The second-order valence-corrected chi connectivity index (χ2v) is 11.5. The molecule has 1 aliphatic carbocycles. The summed E-state index contributed by atoms with van der Waals surface area (Å²) in [7, 11) is 0. The van der Waals surface area contributed by atoms with Crippen molar-refractivity contribution in [2.75, 3.05) is 24.5 Å². The van der Waals surface area contributed by atoms with Crippen LogP contribution in [0.3, 0.4) is 0 Å². The van der Waals surface area contributed by atoms with Gasteiger partial charge in [-0.1, -0.05) is 55.0 Å². The first kappa shape index (κ1) is 29.0. The molecule has 1 saturated carbocycles. The number of hydrogen-bond acceptors (Lipinski definition) is 7. The Morgan fingerprint density at radius 1 is 1.02 bits per heavy atom. The van der Waals surface area contributed by atoms with Gasteiger partial charge in [0.25, 0.3) is 5.91 Å². The van der Waals surface area contributed by atoms with Crippen LogP contribution in [0.5, 0.6) is 0 Å². The fourth-order valence-electron chi connectivity index (χ4n) is 4.94. The number of hydroxylamine groups is 2. The van der Waals surface area contributed by atoms with Crippen LogP contribution in [0.25, 0.3) is 0 Å². The molecule has 1 unspecified atom stereocenters. The number of nitrogens with one attached hydrogen (secondary N) is 1. The van der Waals surface area contributed by atoms with Crippen molar-refractivity contribution in [2.45, 2.75) is 55.6 Å². The Bertz CT molecular complexity index is 1290. The third kappa shape index (κ3) is 6.70. The van der Waals surface area contributed by atoms with Crippen LogP contribution in [0.15, 0.2) is 71.9 Å². The summed E-state index contributed by atoms with van der Waals surface area (Å²) in [6, 6.07) is 18.4. The lowest BCUT2D eigenvalue weighted by atomic mass is 10.00. The van der Waals surface area contributed by atoms with Crippen molar-refractivity contribution in [3.05, 3.63) is 77.5 Å². The molecule has 3 aliphatic rings. The van der Waals surface area contributed by atoms with E-state index in [0.717, 1.165) is 29.9 Å². The number of alkyl halides is 3. The van der Waals surface area contributed by atoms with Gasteiger partial charge in [-0.3, -0.25) is 14.5 Å². The highest BCUT2D eigenvalue weighted by atomic mass is 32.2. The summed E-state index contributed by atoms with van der Waals surface area (Å²) in [4.78, 5) is 47.1. The van der Waals surface area contributed by atoms with Crippen LogP contribution >= 0.6 is 11.8 Å². The summed E-state index contributed by atoms with van der Waals surface area (Å²) in [6.45, 7) is 1.13. The van der Waals surface area contributed by atoms with E-state index in [9.17, 15) is 27.6 Å². The van der Waals surface area contributed by atoms with E-state index < -0.39 is 23.6 Å². The molecule has 41 heavy (non-hydrogen) atoms. The van der Waals surface area contributed by atoms with E-state index in [0.29, 0.717) is 18.8 Å². The third-order valence-electron chi connectivity index (χ3n) is 7.33. The molecule has 218 valence electrons. The van der Waals surface area contributed by atoms with Gasteiger partial charge in [-0.25, -0.2) is 4.79 Å². The largest absolute Gasteiger partial charge is 0.493 e. The monoisotopic (exact) mass is 588 g/mol. The van der Waals surface area contributed by atoms with E-state index >= 15 is 0 Å². The smallest absolute Gasteiger partial charge is 0.338 e. The third-order valence-corrected chi connectivity index (χ3v) is 8.84. The summed E-state index contributed by atoms with van der Waals surface area (Å²) in [6.07, 6.45) is -2.25. The standard InChI is InChI=1S/C29H31F3N4O4S/c30-29(31,32)27(39)40-36-24-15-17-34(25(37)14-16-33-18-20-8-3-1-4-9-20)19-23(24)26(38)35(21-10-5-2-6-11-21)28(36)41-22-12-7-13-22/h1-6,8-11,22,28,33H,7,12-19H2. The van der Waals surface area contributed by atoms with Crippen molar-refractivity contribution in [3.8, 4) is 0 Å². The van der Waals surface area contributed by atoms with Crippen molar-refractivity contribution < 1.29 is 32.4 Å². The first-order valence-corrected chi connectivity index (χ1v) is 14.5. The molecule has 2 aromatic rings. The van der Waals surface area contributed by atoms with E-state index in [1.807, 2.05) is 30.3 Å². The zero-order valence-corrected chi connectivity index (χ0v) is 23.1. The number of amides is 2. The van der Waals surface area contributed by atoms with Gasteiger partial charge in [0, 0.05) is 43.4 Å². The molecule has 1 N–H and O–H groups in total. The topological polar surface area (TPSA) is 82.2 Å². The number of benzene rings is 2. The number of hydrogen-bond donors (Lipinski definition) is 1. The van der Waals surface area contributed by atoms with Crippen molar-refractivity contribution in [2.24, 2.45) is 0 Å². The summed E-state index contributed by atoms with van der Waals surface area (Å²) in [5, 5.41) is 4.31. The summed E-state index contributed by atoms with van der Waals surface area (Å²) in [5.74, 6) is -2.95. The van der Waals surface area contributed by atoms with Gasteiger partial charge in [0.2, 0.25) is 5.91 Å². The fourth-order valence-corrected chi connectivity index (χ4v) is 6.51. The molecule has 8 nitrogen and oxygen atoms in total. The number of para-hydroxylation sites is 1. The van der Waals surface area contributed by atoms with Crippen LogP contribution in [-0.2, 0) is 25.8 Å². The molecule has 12 heteroatoms. The molecular formula is C29H31F3N4O4S. The van der Waals surface area contributed by atoms with Crippen molar-refractivity contribution in [1.82, 2.24) is 15.3 Å². The van der Waals surface area contributed by atoms with Gasteiger partial charge >= 0.3 is 12.1 Å². The quantitative estimate of drug-likeness (QED) is 0.429. The first-order valence-electron chi connectivity index (χ1n) is 13.6. The minimum atomic E-state index is -5.21. The van der Waals surface area contributed by atoms with Gasteiger partial charge in [-0.15, -0.1) is 11.8 Å². The van der Waals surface area contributed by atoms with Crippen molar-refractivity contribution in [3.63, 3.8) is 0 Å². The van der Waals surface area contributed by atoms with Crippen molar-refractivity contribution >= 4 is 35.2 Å². The molecule has 2 aliphatic heterocycles.